The number of hydrogen-bond acceptors (Lipinski definition) is 5. The van der Waals surface area contributed by atoms with Crippen molar-refractivity contribution < 1.29 is 8.81 Å². The summed E-state index contributed by atoms with van der Waals surface area (Å²) in [6.45, 7) is 0.561. The Hall–Kier alpha value is -2.21. The third-order valence-electron chi connectivity index (χ3n) is 2.59. The van der Waals surface area contributed by atoms with E-state index in [-0.39, 0.29) is 5.82 Å². The summed E-state index contributed by atoms with van der Waals surface area (Å²) in [7, 11) is 0. The molecule has 3 rings (SSSR count). The molecule has 19 heavy (non-hydrogen) atoms. The number of hydrogen-bond donors (Lipinski definition) is 1. The van der Waals surface area contributed by atoms with Crippen LogP contribution in [0.5, 0.6) is 0 Å². The highest BCUT2D eigenvalue weighted by Gasteiger charge is 2.05. The van der Waals surface area contributed by atoms with Crippen molar-refractivity contribution in [3.63, 3.8) is 0 Å². The number of halogens is 1. The standard InChI is InChI=1S/C13H10FN3OS/c14-10-3-1-9(2-4-10)12-6-5-11(18-12)7-15-13-8-16-17-19-13/h1-6,8,15H,7H2. The second-order valence-electron chi connectivity index (χ2n) is 3.91. The molecule has 0 atom stereocenters. The molecule has 0 radical (unpaired) electrons. The van der Waals surface area contributed by atoms with Gasteiger partial charge in [-0.1, -0.05) is 4.49 Å². The molecule has 1 aromatic carbocycles. The lowest BCUT2D eigenvalue weighted by Gasteiger charge is -1.99. The van der Waals surface area contributed by atoms with E-state index in [1.807, 2.05) is 12.1 Å². The highest BCUT2D eigenvalue weighted by Crippen LogP contribution is 2.23. The van der Waals surface area contributed by atoms with Crippen LogP contribution in [0, 0.1) is 5.82 Å². The van der Waals surface area contributed by atoms with E-state index in [0.717, 1.165) is 22.1 Å². The largest absolute Gasteiger partial charge is 0.459 e. The first-order chi connectivity index (χ1) is 9.31. The van der Waals surface area contributed by atoms with Gasteiger partial charge in [0.2, 0.25) is 0 Å². The number of aromatic nitrogens is 2. The molecule has 0 unspecified atom stereocenters. The van der Waals surface area contributed by atoms with Crippen LogP contribution in [0.15, 0.2) is 47.0 Å². The van der Waals surface area contributed by atoms with Gasteiger partial charge >= 0.3 is 0 Å². The van der Waals surface area contributed by atoms with Gasteiger partial charge in [0.25, 0.3) is 0 Å². The summed E-state index contributed by atoms with van der Waals surface area (Å²) in [4.78, 5) is 0. The summed E-state index contributed by atoms with van der Waals surface area (Å²) in [5, 5.41) is 7.78. The van der Waals surface area contributed by atoms with Crippen LogP contribution in [0.2, 0.25) is 0 Å². The first kappa shape index (κ1) is 11.9. The quantitative estimate of drug-likeness (QED) is 0.791. The predicted octanol–water partition coefficient (Wildman–Crippen LogP) is 3.55. The fraction of sp³-hybridized carbons (Fsp3) is 0.0769. The molecule has 0 saturated heterocycles. The van der Waals surface area contributed by atoms with Gasteiger partial charge in [-0.25, -0.2) is 4.39 Å². The van der Waals surface area contributed by atoms with Gasteiger partial charge in [0.05, 0.1) is 12.7 Å². The molecule has 4 nitrogen and oxygen atoms in total. The molecule has 6 heteroatoms. The second-order valence-corrected chi connectivity index (χ2v) is 4.69. The molecule has 0 spiro atoms. The first-order valence-electron chi connectivity index (χ1n) is 5.67. The maximum Gasteiger partial charge on any atom is 0.134 e. The smallest absolute Gasteiger partial charge is 0.134 e. The van der Waals surface area contributed by atoms with Crippen LogP contribution in [0.1, 0.15) is 5.76 Å². The highest BCUT2D eigenvalue weighted by atomic mass is 32.1. The lowest BCUT2D eigenvalue weighted by molar-refractivity contribution is 0.531. The SMILES string of the molecule is Fc1ccc(-c2ccc(CNc3cnns3)o2)cc1. The fourth-order valence-electron chi connectivity index (χ4n) is 1.66. The molecule has 3 aromatic rings. The Bertz CT molecular complexity index is 649. The topological polar surface area (TPSA) is 51.0 Å². The van der Waals surface area contributed by atoms with Crippen LogP contribution in [0.4, 0.5) is 9.39 Å². The average Bonchev–Trinajstić information content (AvgIpc) is 3.09. The number of nitrogens with one attached hydrogen (secondary N) is 1. The molecule has 0 fully saturated rings. The van der Waals surface area contributed by atoms with Crippen molar-refractivity contribution in [2.75, 3.05) is 5.32 Å². The molecule has 0 aliphatic rings. The van der Waals surface area contributed by atoms with E-state index < -0.39 is 0 Å². The zero-order valence-corrected chi connectivity index (χ0v) is 10.7. The molecule has 96 valence electrons. The van der Waals surface area contributed by atoms with E-state index in [1.165, 1.54) is 23.7 Å². The van der Waals surface area contributed by atoms with E-state index in [0.29, 0.717) is 6.54 Å². The number of anilines is 1. The summed E-state index contributed by atoms with van der Waals surface area (Å²) >= 11 is 1.29. The summed E-state index contributed by atoms with van der Waals surface area (Å²) in [5.74, 6) is 1.27. The minimum atomic E-state index is -0.255. The Morgan fingerprint density at radius 3 is 2.74 bits per heavy atom. The molecule has 2 aromatic heterocycles. The van der Waals surface area contributed by atoms with E-state index in [1.54, 1.807) is 18.3 Å². The van der Waals surface area contributed by atoms with Crippen molar-refractivity contribution >= 4 is 16.5 Å². The van der Waals surface area contributed by atoms with Crippen molar-refractivity contribution in [2.24, 2.45) is 0 Å². The maximum absolute atomic E-state index is 12.8. The minimum absolute atomic E-state index is 0.255. The van der Waals surface area contributed by atoms with Gasteiger partial charge in [-0.3, -0.25) is 0 Å². The highest BCUT2D eigenvalue weighted by molar-refractivity contribution is 7.09. The monoisotopic (exact) mass is 275 g/mol. The third kappa shape index (κ3) is 2.79. The van der Waals surface area contributed by atoms with Crippen molar-refractivity contribution in [3.8, 4) is 11.3 Å². The first-order valence-corrected chi connectivity index (χ1v) is 6.44. The molecule has 0 amide bonds. The number of nitrogens with zero attached hydrogens (tertiary/aromatic N) is 2. The Morgan fingerprint density at radius 2 is 2.00 bits per heavy atom. The summed E-state index contributed by atoms with van der Waals surface area (Å²) < 4.78 is 22.3. The Kier molecular flexibility index (Phi) is 3.24. The maximum atomic E-state index is 12.8. The molecule has 2 heterocycles. The predicted molar refractivity (Wildman–Crippen MR) is 71.3 cm³/mol. The summed E-state index contributed by atoms with van der Waals surface area (Å²) in [5.41, 5.74) is 0.854. The number of furan rings is 1. The minimum Gasteiger partial charge on any atom is -0.459 e. The van der Waals surface area contributed by atoms with E-state index in [9.17, 15) is 4.39 Å². The summed E-state index contributed by atoms with van der Waals surface area (Å²) in [6, 6.07) is 9.98. The Labute approximate surface area is 113 Å². The second kappa shape index (κ2) is 5.19. The van der Waals surface area contributed by atoms with Crippen LogP contribution >= 0.6 is 11.5 Å². The Balaban J connectivity index is 1.70. The number of rotatable bonds is 4. The third-order valence-corrected chi connectivity index (χ3v) is 3.21. The molecule has 1 N–H and O–H groups in total. The van der Waals surface area contributed by atoms with Crippen molar-refractivity contribution in [2.45, 2.75) is 6.54 Å². The average molecular weight is 275 g/mol. The Morgan fingerprint density at radius 1 is 1.16 bits per heavy atom. The zero-order valence-electron chi connectivity index (χ0n) is 9.84. The molecule has 0 aliphatic heterocycles. The van der Waals surface area contributed by atoms with Crippen molar-refractivity contribution in [1.82, 2.24) is 9.59 Å². The van der Waals surface area contributed by atoms with Gasteiger partial charge in [-0.2, -0.15) is 0 Å². The van der Waals surface area contributed by atoms with Gasteiger partial charge in [0, 0.05) is 17.1 Å². The van der Waals surface area contributed by atoms with Gasteiger partial charge in [-0.15, -0.1) is 5.10 Å². The van der Waals surface area contributed by atoms with Gasteiger partial charge in [0.15, 0.2) is 0 Å². The van der Waals surface area contributed by atoms with Gasteiger partial charge in [0.1, 0.15) is 22.3 Å². The van der Waals surface area contributed by atoms with E-state index in [2.05, 4.69) is 14.9 Å². The lowest BCUT2D eigenvalue weighted by Crippen LogP contribution is -1.95. The van der Waals surface area contributed by atoms with Gasteiger partial charge in [-0.05, 0) is 36.4 Å². The molecule has 0 saturated carbocycles. The van der Waals surface area contributed by atoms with Crippen molar-refractivity contribution in [1.29, 1.82) is 0 Å². The summed E-state index contributed by atoms with van der Waals surface area (Å²) in [6.07, 6.45) is 1.66. The van der Waals surface area contributed by atoms with Crippen molar-refractivity contribution in [3.05, 3.63) is 54.2 Å². The van der Waals surface area contributed by atoms with Crippen LogP contribution in [0.3, 0.4) is 0 Å². The molecule has 0 aliphatic carbocycles. The number of benzene rings is 1. The fourth-order valence-corrected chi connectivity index (χ4v) is 2.07. The van der Waals surface area contributed by atoms with Crippen LogP contribution in [0.25, 0.3) is 11.3 Å². The molecule has 0 bridgehead atoms. The lowest BCUT2D eigenvalue weighted by atomic mass is 10.2. The van der Waals surface area contributed by atoms with Crippen LogP contribution < -0.4 is 5.32 Å². The van der Waals surface area contributed by atoms with Crippen LogP contribution in [-0.4, -0.2) is 9.59 Å². The van der Waals surface area contributed by atoms with Crippen LogP contribution in [-0.2, 0) is 6.54 Å². The van der Waals surface area contributed by atoms with Gasteiger partial charge < -0.3 is 9.73 Å². The van der Waals surface area contributed by atoms with E-state index >= 15 is 0 Å². The molecular formula is C13H10FN3OS. The van der Waals surface area contributed by atoms with E-state index in [4.69, 9.17) is 4.42 Å². The normalized spacial score (nSPS) is 10.6. The molecular weight excluding hydrogens is 265 g/mol. The zero-order chi connectivity index (χ0) is 13.1.